The van der Waals surface area contributed by atoms with Gasteiger partial charge in [-0.1, -0.05) is 45.0 Å². The van der Waals surface area contributed by atoms with Crippen molar-refractivity contribution in [3.63, 3.8) is 0 Å². The largest absolute Gasteiger partial charge is 0.303 e. The van der Waals surface area contributed by atoms with Gasteiger partial charge in [0.2, 0.25) is 0 Å². The van der Waals surface area contributed by atoms with Crippen molar-refractivity contribution in [2.45, 2.75) is 39.0 Å². The van der Waals surface area contributed by atoms with Gasteiger partial charge in [0.05, 0.1) is 0 Å². The van der Waals surface area contributed by atoms with Crippen LogP contribution in [-0.4, -0.2) is 6.29 Å². The first-order valence-corrected chi connectivity index (χ1v) is 5.24. The second-order valence-electron chi connectivity index (χ2n) is 3.97. The summed E-state index contributed by atoms with van der Waals surface area (Å²) in [6.45, 7) is 6.38. The van der Waals surface area contributed by atoms with E-state index >= 15 is 0 Å². The highest BCUT2D eigenvalue weighted by atomic mass is 16.1. The monoisotopic (exact) mass is 190 g/mol. The average molecular weight is 190 g/mol. The van der Waals surface area contributed by atoms with Gasteiger partial charge in [-0.15, -0.1) is 0 Å². The summed E-state index contributed by atoms with van der Waals surface area (Å²) in [5, 5.41) is 0. The van der Waals surface area contributed by atoms with Crippen molar-refractivity contribution in [3.05, 3.63) is 35.4 Å². The van der Waals surface area contributed by atoms with E-state index in [4.69, 9.17) is 0 Å². The lowest BCUT2D eigenvalue weighted by atomic mass is 9.94. The van der Waals surface area contributed by atoms with E-state index in [0.717, 1.165) is 18.3 Å². The molecule has 1 heteroatoms. The van der Waals surface area contributed by atoms with Gasteiger partial charge in [-0.3, -0.25) is 0 Å². The summed E-state index contributed by atoms with van der Waals surface area (Å²) in [5.74, 6) is 0.622. The van der Waals surface area contributed by atoms with Crippen molar-refractivity contribution in [1.29, 1.82) is 0 Å². The summed E-state index contributed by atoms with van der Waals surface area (Å²) in [4.78, 5) is 10.8. The summed E-state index contributed by atoms with van der Waals surface area (Å²) in [6, 6.07) is 8.37. The van der Waals surface area contributed by atoms with Gasteiger partial charge in [-0.05, 0) is 23.5 Å². The van der Waals surface area contributed by atoms with Gasteiger partial charge in [0.15, 0.2) is 0 Å². The minimum absolute atomic E-state index is 0.0659. The molecule has 0 radical (unpaired) electrons. The van der Waals surface area contributed by atoms with Crippen LogP contribution in [0.15, 0.2) is 24.3 Å². The molecule has 0 heterocycles. The van der Waals surface area contributed by atoms with Crippen molar-refractivity contribution < 1.29 is 4.79 Å². The van der Waals surface area contributed by atoms with Crippen LogP contribution in [0.4, 0.5) is 0 Å². The Morgan fingerprint density at radius 1 is 1.14 bits per heavy atom. The summed E-state index contributed by atoms with van der Waals surface area (Å²) in [7, 11) is 0. The van der Waals surface area contributed by atoms with E-state index in [9.17, 15) is 4.79 Å². The molecule has 1 unspecified atom stereocenters. The van der Waals surface area contributed by atoms with Crippen molar-refractivity contribution >= 4 is 6.29 Å². The summed E-state index contributed by atoms with van der Waals surface area (Å²) < 4.78 is 0. The van der Waals surface area contributed by atoms with Crippen molar-refractivity contribution in [3.8, 4) is 0 Å². The molecule has 0 aromatic heterocycles. The second-order valence-corrected chi connectivity index (χ2v) is 3.97. The van der Waals surface area contributed by atoms with Crippen molar-refractivity contribution in [1.82, 2.24) is 0 Å². The normalized spacial score (nSPS) is 12.9. The van der Waals surface area contributed by atoms with Crippen LogP contribution in [0.3, 0.4) is 0 Å². The molecule has 1 rings (SSSR count). The fraction of sp³-hybridized carbons (Fsp3) is 0.462. The zero-order valence-electron chi connectivity index (χ0n) is 9.16. The lowest BCUT2D eigenvalue weighted by Gasteiger charge is -2.10. The number of hydrogen-bond acceptors (Lipinski definition) is 1. The quantitative estimate of drug-likeness (QED) is 0.664. The highest BCUT2D eigenvalue weighted by Gasteiger charge is 2.07. The zero-order chi connectivity index (χ0) is 10.6. The second kappa shape index (κ2) is 4.94. The maximum absolute atomic E-state index is 10.8. The Labute approximate surface area is 86.1 Å². The number of aldehydes is 1. The molecule has 0 saturated carbocycles. The lowest BCUT2D eigenvalue weighted by Crippen LogP contribution is -1.98. The first-order valence-electron chi connectivity index (χ1n) is 5.24. The molecule has 0 aliphatic rings. The van der Waals surface area contributed by atoms with Gasteiger partial charge in [0.25, 0.3) is 0 Å². The van der Waals surface area contributed by atoms with E-state index in [1.165, 1.54) is 5.56 Å². The number of benzene rings is 1. The first kappa shape index (κ1) is 11.0. The van der Waals surface area contributed by atoms with E-state index in [0.29, 0.717) is 5.92 Å². The van der Waals surface area contributed by atoms with E-state index in [2.05, 4.69) is 38.1 Å². The summed E-state index contributed by atoms with van der Waals surface area (Å²) >= 11 is 0. The fourth-order valence-electron chi connectivity index (χ4n) is 1.54. The van der Waals surface area contributed by atoms with Gasteiger partial charge in [0, 0.05) is 5.92 Å². The third kappa shape index (κ3) is 2.44. The number of hydrogen-bond donors (Lipinski definition) is 0. The highest BCUT2D eigenvalue weighted by molar-refractivity contribution is 5.62. The smallest absolute Gasteiger partial charge is 0.127 e. The van der Waals surface area contributed by atoms with Crippen molar-refractivity contribution in [2.24, 2.45) is 0 Å². The molecule has 1 atom stereocenters. The van der Waals surface area contributed by atoms with Gasteiger partial charge < -0.3 is 4.79 Å². The Morgan fingerprint density at radius 3 is 2.00 bits per heavy atom. The predicted molar refractivity (Wildman–Crippen MR) is 59.6 cm³/mol. The van der Waals surface area contributed by atoms with Gasteiger partial charge >= 0.3 is 0 Å². The fourth-order valence-corrected chi connectivity index (χ4v) is 1.54. The maximum Gasteiger partial charge on any atom is 0.127 e. The van der Waals surface area contributed by atoms with Crippen LogP contribution >= 0.6 is 0 Å². The molecule has 0 fully saturated rings. The standard InChI is InChI=1S/C13H18O/c1-4-11(9-14)13-7-5-12(6-8-13)10(2)3/h5-11H,4H2,1-3H3. The minimum atomic E-state index is 0.0659. The van der Waals surface area contributed by atoms with Crippen LogP contribution in [0, 0.1) is 0 Å². The Bertz CT molecular complexity index is 285. The predicted octanol–water partition coefficient (Wildman–Crippen LogP) is 3.50. The molecular weight excluding hydrogens is 172 g/mol. The molecule has 0 bridgehead atoms. The van der Waals surface area contributed by atoms with E-state index in [-0.39, 0.29) is 5.92 Å². The van der Waals surface area contributed by atoms with Crippen LogP contribution in [-0.2, 0) is 4.79 Å². The topological polar surface area (TPSA) is 17.1 Å². The molecule has 0 N–H and O–H groups in total. The number of carbonyl (C=O) groups excluding carboxylic acids is 1. The summed E-state index contributed by atoms with van der Waals surface area (Å²) in [6.07, 6.45) is 1.91. The first-order chi connectivity index (χ1) is 6.69. The maximum atomic E-state index is 10.8. The van der Waals surface area contributed by atoms with E-state index < -0.39 is 0 Å². The molecular formula is C13H18O. The molecule has 0 aliphatic heterocycles. The van der Waals surface area contributed by atoms with Crippen LogP contribution in [0.2, 0.25) is 0 Å². The van der Waals surface area contributed by atoms with Crippen LogP contribution in [0.25, 0.3) is 0 Å². The Kier molecular flexibility index (Phi) is 3.87. The molecule has 0 spiro atoms. The molecule has 14 heavy (non-hydrogen) atoms. The van der Waals surface area contributed by atoms with Gasteiger partial charge in [-0.25, -0.2) is 0 Å². The van der Waals surface area contributed by atoms with Crippen LogP contribution in [0.1, 0.15) is 50.2 Å². The Hall–Kier alpha value is -1.11. The van der Waals surface area contributed by atoms with Gasteiger partial charge in [-0.2, -0.15) is 0 Å². The van der Waals surface area contributed by atoms with Gasteiger partial charge in [0.1, 0.15) is 6.29 Å². The van der Waals surface area contributed by atoms with Crippen molar-refractivity contribution in [2.75, 3.05) is 0 Å². The number of carbonyl (C=O) groups is 1. The Balaban J connectivity index is 2.87. The number of rotatable bonds is 4. The molecule has 1 nitrogen and oxygen atoms in total. The molecule has 0 amide bonds. The highest BCUT2D eigenvalue weighted by Crippen LogP contribution is 2.20. The third-order valence-electron chi connectivity index (χ3n) is 2.64. The Morgan fingerprint density at radius 2 is 1.64 bits per heavy atom. The zero-order valence-corrected chi connectivity index (χ0v) is 9.16. The molecule has 1 aromatic carbocycles. The molecule has 76 valence electrons. The molecule has 1 aromatic rings. The third-order valence-corrected chi connectivity index (χ3v) is 2.64. The summed E-state index contributed by atoms with van der Waals surface area (Å²) in [5.41, 5.74) is 2.46. The van der Waals surface area contributed by atoms with E-state index in [1.807, 2.05) is 6.92 Å². The van der Waals surface area contributed by atoms with Crippen LogP contribution < -0.4 is 0 Å². The SMILES string of the molecule is CCC(C=O)c1ccc(C(C)C)cc1. The minimum Gasteiger partial charge on any atom is -0.303 e. The van der Waals surface area contributed by atoms with E-state index in [1.54, 1.807) is 0 Å². The molecule has 0 saturated heterocycles. The van der Waals surface area contributed by atoms with Crippen LogP contribution in [0.5, 0.6) is 0 Å². The lowest BCUT2D eigenvalue weighted by molar-refractivity contribution is -0.109. The average Bonchev–Trinajstić information content (AvgIpc) is 2.20. The molecule has 0 aliphatic carbocycles.